The first-order chi connectivity index (χ1) is 11.2. The summed E-state index contributed by atoms with van der Waals surface area (Å²) in [7, 11) is 0. The second kappa shape index (κ2) is 8.89. The first-order valence-electron chi connectivity index (χ1n) is 8.55. The van der Waals surface area contributed by atoms with E-state index in [0.29, 0.717) is 12.8 Å². The van der Waals surface area contributed by atoms with E-state index in [4.69, 9.17) is 14.2 Å². The number of hydrogen-bond donors (Lipinski definition) is 0. The highest BCUT2D eigenvalue weighted by molar-refractivity contribution is 5.87. The van der Waals surface area contributed by atoms with Crippen molar-refractivity contribution in [1.29, 1.82) is 0 Å². The molecule has 0 aliphatic carbocycles. The summed E-state index contributed by atoms with van der Waals surface area (Å²) in [5.41, 5.74) is -0.734. The van der Waals surface area contributed by atoms with E-state index in [1.165, 1.54) is 4.90 Å². The Hall–Kier alpha value is -1.79. The summed E-state index contributed by atoms with van der Waals surface area (Å²) in [5.74, 6) is -1.03. The number of ether oxygens (including phenoxy) is 3. The lowest BCUT2D eigenvalue weighted by atomic mass is 10.1. The minimum atomic E-state index is -0.836. The van der Waals surface area contributed by atoms with Crippen LogP contribution < -0.4 is 0 Å². The Labute approximate surface area is 143 Å². The molecule has 138 valence electrons. The van der Waals surface area contributed by atoms with Gasteiger partial charge in [-0.25, -0.2) is 14.4 Å². The van der Waals surface area contributed by atoms with Crippen molar-refractivity contribution in [3.8, 4) is 0 Å². The summed E-state index contributed by atoms with van der Waals surface area (Å²) >= 11 is 0. The van der Waals surface area contributed by atoms with Crippen molar-refractivity contribution < 1.29 is 28.6 Å². The number of carbonyl (C=O) groups is 3. The van der Waals surface area contributed by atoms with Crippen LogP contribution in [0.15, 0.2) is 0 Å². The SMILES string of the molecule is CCOC(=O)[C@H]1CCCC[C@@H](C(=O)OCC)N1C(=O)OC(C)(C)C. The topological polar surface area (TPSA) is 82.1 Å². The zero-order chi connectivity index (χ0) is 18.3. The van der Waals surface area contributed by atoms with E-state index in [1.54, 1.807) is 34.6 Å². The van der Waals surface area contributed by atoms with E-state index in [0.717, 1.165) is 12.8 Å². The Morgan fingerprint density at radius 2 is 1.33 bits per heavy atom. The fraction of sp³-hybridized carbons (Fsp3) is 0.824. The van der Waals surface area contributed by atoms with Gasteiger partial charge in [0.05, 0.1) is 13.2 Å². The second-order valence-electron chi connectivity index (χ2n) is 6.71. The predicted octanol–water partition coefficient (Wildman–Crippen LogP) is 2.66. The van der Waals surface area contributed by atoms with Gasteiger partial charge in [-0.15, -0.1) is 0 Å². The predicted molar refractivity (Wildman–Crippen MR) is 87.4 cm³/mol. The van der Waals surface area contributed by atoms with Crippen molar-refractivity contribution in [2.45, 2.75) is 78.0 Å². The minimum absolute atomic E-state index is 0.210. The molecule has 1 rings (SSSR count). The summed E-state index contributed by atoms with van der Waals surface area (Å²) in [5, 5.41) is 0. The number of carbonyl (C=O) groups excluding carboxylic acids is 3. The maximum absolute atomic E-state index is 12.7. The Kier molecular flexibility index (Phi) is 7.51. The van der Waals surface area contributed by atoms with Gasteiger partial charge in [0.2, 0.25) is 0 Å². The zero-order valence-electron chi connectivity index (χ0n) is 15.3. The Morgan fingerprint density at radius 3 is 1.67 bits per heavy atom. The van der Waals surface area contributed by atoms with Crippen LogP contribution in [0.1, 0.15) is 60.3 Å². The molecule has 0 aromatic rings. The van der Waals surface area contributed by atoms with Gasteiger partial charge < -0.3 is 14.2 Å². The molecule has 7 nitrogen and oxygen atoms in total. The molecular weight excluding hydrogens is 314 g/mol. The van der Waals surface area contributed by atoms with Crippen molar-refractivity contribution in [3.05, 3.63) is 0 Å². The molecule has 0 N–H and O–H groups in total. The van der Waals surface area contributed by atoms with Gasteiger partial charge in [-0.05, 0) is 47.5 Å². The van der Waals surface area contributed by atoms with Crippen LogP contribution in [0.5, 0.6) is 0 Å². The standard InChI is InChI=1S/C17H29NO6/c1-6-22-14(19)12-10-8-9-11-13(15(20)23-7-2)18(12)16(21)24-17(3,4)5/h12-13H,6-11H2,1-5H3/t12-,13+. The third-order valence-electron chi connectivity index (χ3n) is 3.60. The minimum Gasteiger partial charge on any atom is -0.464 e. The maximum atomic E-state index is 12.7. The van der Waals surface area contributed by atoms with Crippen molar-refractivity contribution in [2.24, 2.45) is 0 Å². The third-order valence-corrected chi connectivity index (χ3v) is 3.60. The molecule has 0 aromatic carbocycles. The summed E-state index contributed by atoms with van der Waals surface area (Å²) in [4.78, 5) is 38.6. The van der Waals surface area contributed by atoms with Crippen LogP contribution in [0, 0.1) is 0 Å². The average molecular weight is 343 g/mol. The van der Waals surface area contributed by atoms with Gasteiger partial charge in [0.1, 0.15) is 17.7 Å². The summed E-state index contributed by atoms with van der Waals surface area (Å²) < 4.78 is 15.6. The second-order valence-corrected chi connectivity index (χ2v) is 6.71. The highest BCUT2D eigenvalue weighted by Crippen LogP contribution is 2.26. The summed E-state index contributed by atoms with van der Waals surface area (Å²) in [6, 6.07) is -1.67. The molecule has 0 aromatic heterocycles. The van der Waals surface area contributed by atoms with Crippen LogP contribution in [0.2, 0.25) is 0 Å². The zero-order valence-corrected chi connectivity index (χ0v) is 15.3. The van der Waals surface area contributed by atoms with Crippen LogP contribution in [-0.2, 0) is 23.8 Å². The van der Waals surface area contributed by atoms with E-state index < -0.39 is 35.7 Å². The molecule has 1 fully saturated rings. The molecule has 1 heterocycles. The fourth-order valence-corrected chi connectivity index (χ4v) is 2.68. The fourth-order valence-electron chi connectivity index (χ4n) is 2.68. The van der Waals surface area contributed by atoms with Gasteiger partial charge in [0.15, 0.2) is 0 Å². The van der Waals surface area contributed by atoms with E-state index >= 15 is 0 Å². The number of hydrogen-bond acceptors (Lipinski definition) is 6. The Bertz CT molecular complexity index is 428. The van der Waals surface area contributed by atoms with Gasteiger partial charge in [0.25, 0.3) is 0 Å². The molecule has 7 heteroatoms. The monoisotopic (exact) mass is 343 g/mol. The highest BCUT2D eigenvalue weighted by Gasteiger charge is 2.43. The molecule has 0 saturated carbocycles. The van der Waals surface area contributed by atoms with Gasteiger partial charge in [-0.3, -0.25) is 4.90 Å². The normalized spacial score (nSPS) is 21.6. The largest absolute Gasteiger partial charge is 0.464 e. The smallest absolute Gasteiger partial charge is 0.411 e. The summed E-state index contributed by atoms with van der Waals surface area (Å²) in [6.45, 7) is 9.04. The summed E-state index contributed by atoms with van der Waals surface area (Å²) in [6.07, 6.45) is 1.62. The molecule has 1 aliphatic heterocycles. The molecule has 0 unspecified atom stereocenters. The van der Waals surface area contributed by atoms with E-state index in [9.17, 15) is 14.4 Å². The molecule has 24 heavy (non-hydrogen) atoms. The van der Waals surface area contributed by atoms with Crippen molar-refractivity contribution >= 4 is 18.0 Å². The highest BCUT2D eigenvalue weighted by atomic mass is 16.6. The van der Waals surface area contributed by atoms with Gasteiger partial charge >= 0.3 is 18.0 Å². The molecule has 0 radical (unpaired) electrons. The lowest BCUT2D eigenvalue weighted by Crippen LogP contribution is -2.54. The molecule has 2 atom stereocenters. The number of rotatable bonds is 4. The lowest BCUT2D eigenvalue weighted by molar-refractivity contribution is -0.156. The van der Waals surface area contributed by atoms with Crippen LogP contribution in [0.25, 0.3) is 0 Å². The molecule has 0 bridgehead atoms. The first kappa shape index (κ1) is 20.3. The van der Waals surface area contributed by atoms with Crippen molar-refractivity contribution in [1.82, 2.24) is 4.90 Å². The molecule has 1 saturated heterocycles. The maximum Gasteiger partial charge on any atom is 0.411 e. The average Bonchev–Trinajstić information content (AvgIpc) is 2.68. The molecule has 0 spiro atoms. The molecular formula is C17H29NO6. The number of amides is 1. The van der Waals surface area contributed by atoms with Gasteiger partial charge in [-0.1, -0.05) is 12.8 Å². The van der Waals surface area contributed by atoms with Crippen molar-refractivity contribution in [2.75, 3.05) is 13.2 Å². The Morgan fingerprint density at radius 1 is 0.917 bits per heavy atom. The lowest BCUT2D eigenvalue weighted by Gasteiger charge is -2.35. The first-order valence-corrected chi connectivity index (χ1v) is 8.55. The Balaban J connectivity index is 3.16. The van der Waals surface area contributed by atoms with Crippen LogP contribution >= 0.6 is 0 Å². The van der Waals surface area contributed by atoms with Crippen LogP contribution in [0.4, 0.5) is 4.79 Å². The van der Waals surface area contributed by atoms with Crippen LogP contribution in [0.3, 0.4) is 0 Å². The number of nitrogens with zero attached hydrogens (tertiary/aromatic N) is 1. The van der Waals surface area contributed by atoms with Gasteiger partial charge in [0, 0.05) is 0 Å². The quantitative estimate of drug-likeness (QED) is 0.576. The number of likely N-dealkylation sites (tertiary alicyclic amines) is 1. The number of esters is 2. The molecule has 1 amide bonds. The van der Waals surface area contributed by atoms with E-state index in [2.05, 4.69) is 0 Å². The van der Waals surface area contributed by atoms with Gasteiger partial charge in [-0.2, -0.15) is 0 Å². The van der Waals surface area contributed by atoms with E-state index in [1.807, 2.05) is 0 Å². The van der Waals surface area contributed by atoms with Crippen LogP contribution in [-0.4, -0.2) is 53.8 Å². The van der Waals surface area contributed by atoms with Crippen molar-refractivity contribution in [3.63, 3.8) is 0 Å². The third kappa shape index (κ3) is 5.69. The molecule has 1 aliphatic rings. The van der Waals surface area contributed by atoms with E-state index in [-0.39, 0.29) is 13.2 Å².